The summed E-state index contributed by atoms with van der Waals surface area (Å²) in [5, 5.41) is 10.5. The van der Waals surface area contributed by atoms with Gasteiger partial charge in [0.1, 0.15) is 5.75 Å². The number of carbonyl (C=O) groups excluding carboxylic acids is 1. The second-order valence-corrected chi connectivity index (χ2v) is 8.63. The number of aromatic hydroxyl groups is 1. The number of amides is 1. The van der Waals surface area contributed by atoms with Gasteiger partial charge in [0.25, 0.3) is 0 Å². The minimum absolute atomic E-state index is 0.0689. The van der Waals surface area contributed by atoms with E-state index in [1.807, 2.05) is 62.6 Å². The van der Waals surface area contributed by atoms with Crippen LogP contribution in [-0.2, 0) is 16.6 Å². The quantitative estimate of drug-likeness (QED) is 0.680. The smallest absolute Gasteiger partial charge is 0.233 e. The van der Waals surface area contributed by atoms with E-state index in [0.717, 1.165) is 17.7 Å². The lowest BCUT2D eigenvalue weighted by Gasteiger charge is -2.39. The molecule has 4 nitrogen and oxygen atoms in total. The van der Waals surface area contributed by atoms with Crippen LogP contribution in [0.4, 0.5) is 0 Å². The monoisotopic (exact) mass is 396 g/mol. The molecule has 1 N–H and O–H groups in total. The molecule has 0 spiro atoms. The van der Waals surface area contributed by atoms with Crippen molar-refractivity contribution in [3.63, 3.8) is 0 Å². The number of para-hydroxylation sites is 1. The van der Waals surface area contributed by atoms with Gasteiger partial charge in [-0.3, -0.25) is 9.69 Å². The molecule has 0 saturated heterocycles. The SMILES string of the molecule is CC(C)N(CCC(Cc1ccccc1O)(C(=O)N(C)C)c1ccccc1)C(C)C. The van der Waals surface area contributed by atoms with Gasteiger partial charge in [-0.15, -0.1) is 0 Å². The van der Waals surface area contributed by atoms with Gasteiger partial charge in [-0.2, -0.15) is 0 Å². The Morgan fingerprint density at radius 1 is 0.931 bits per heavy atom. The molecule has 2 aromatic rings. The first-order valence-electron chi connectivity index (χ1n) is 10.5. The Labute approximate surface area is 176 Å². The summed E-state index contributed by atoms with van der Waals surface area (Å²) in [5.41, 5.74) is 1.05. The van der Waals surface area contributed by atoms with Crippen molar-refractivity contribution in [3.8, 4) is 5.75 Å². The van der Waals surface area contributed by atoms with E-state index < -0.39 is 5.41 Å². The van der Waals surface area contributed by atoms with Crippen LogP contribution in [-0.4, -0.2) is 53.5 Å². The van der Waals surface area contributed by atoms with Gasteiger partial charge in [0.15, 0.2) is 0 Å². The highest BCUT2D eigenvalue weighted by molar-refractivity contribution is 5.88. The Bertz CT molecular complexity index is 778. The molecule has 0 heterocycles. The first-order chi connectivity index (χ1) is 13.7. The highest BCUT2D eigenvalue weighted by atomic mass is 16.3. The van der Waals surface area contributed by atoms with Crippen LogP contribution in [0.5, 0.6) is 5.75 Å². The number of rotatable bonds is 9. The number of hydrogen-bond donors (Lipinski definition) is 1. The molecule has 2 rings (SSSR count). The highest BCUT2D eigenvalue weighted by Gasteiger charge is 2.42. The Morgan fingerprint density at radius 3 is 2.00 bits per heavy atom. The van der Waals surface area contributed by atoms with Crippen LogP contribution >= 0.6 is 0 Å². The van der Waals surface area contributed by atoms with Crippen LogP contribution in [0.3, 0.4) is 0 Å². The molecular formula is C25H36N2O2. The lowest BCUT2D eigenvalue weighted by Crippen LogP contribution is -2.49. The van der Waals surface area contributed by atoms with E-state index in [2.05, 4.69) is 32.6 Å². The predicted octanol–water partition coefficient (Wildman–Crippen LogP) is 4.47. The van der Waals surface area contributed by atoms with Crippen molar-refractivity contribution in [1.82, 2.24) is 9.80 Å². The number of phenols is 1. The zero-order chi connectivity index (χ0) is 21.6. The van der Waals surface area contributed by atoms with E-state index in [1.165, 1.54) is 0 Å². The average Bonchev–Trinajstić information content (AvgIpc) is 2.68. The number of phenolic OH excluding ortho intramolecular Hbond substituents is 1. The van der Waals surface area contributed by atoms with Crippen molar-refractivity contribution in [1.29, 1.82) is 0 Å². The molecule has 2 aromatic carbocycles. The molecule has 0 aliphatic carbocycles. The van der Waals surface area contributed by atoms with Crippen LogP contribution in [0.25, 0.3) is 0 Å². The summed E-state index contributed by atoms with van der Waals surface area (Å²) in [6.45, 7) is 9.58. The maximum Gasteiger partial charge on any atom is 0.233 e. The third-order valence-electron chi connectivity index (χ3n) is 5.75. The molecule has 0 aliphatic heterocycles. The van der Waals surface area contributed by atoms with Crippen molar-refractivity contribution < 1.29 is 9.90 Å². The molecule has 0 fully saturated rings. The maximum absolute atomic E-state index is 13.7. The number of benzene rings is 2. The van der Waals surface area contributed by atoms with Gasteiger partial charge in [-0.1, -0.05) is 48.5 Å². The molecular weight excluding hydrogens is 360 g/mol. The van der Waals surface area contributed by atoms with Crippen molar-refractivity contribution in [2.75, 3.05) is 20.6 Å². The Balaban J connectivity index is 2.56. The molecule has 0 bridgehead atoms. The van der Waals surface area contributed by atoms with Gasteiger partial charge in [-0.25, -0.2) is 0 Å². The summed E-state index contributed by atoms with van der Waals surface area (Å²) in [7, 11) is 3.63. The Hall–Kier alpha value is -2.33. The molecule has 0 aromatic heterocycles. The van der Waals surface area contributed by atoms with Crippen molar-refractivity contribution >= 4 is 5.91 Å². The topological polar surface area (TPSA) is 43.8 Å². The van der Waals surface area contributed by atoms with E-state index in [1.54, 1.807) is 11.0 Å². The molecule has 29 heavy (non-hydrogen) atoms. The van der Waals surface area contributed by atoms with Gasteiger partial charge in [0.2, 0.25) is 5.91 Å². The largest absolute Gasteiger partial charge is 0.508 e. The Kier molecular flexibility index (Phi) is 7.86. The van der Waals surface area contributed by atoms with Gasteiger partial charge in [0, 0.05) is 32.7 Å². The lowest BCUT2D eigenvalue weighted by molar-refractivity contribution is -0.135. The normalized spacial score (nSPS) is 13.7. The highest BCUT2D eigenvalue weighted by Crippen LogP contribution is 2.37. The molecule has 0 radical (unpaired) electrons. The molecule has 1 amide bonds. The number of likely N-dealkylation sites (N-methyl/N-ethyl adjacent to an activating group) is 1. The van der Waals surface area contributed by atoms with Crippen molar-refractivity contribution in [2.24, 2.45) is 0 Å². The predicted molar refractivity (Wildman–Crippen MR) is 120 cm³/mol. The summed E-state index contributed by atoms with van der Waals surface area (Å²) in [4.78, 5) is 17.8. The third kappa shape index (κ3) is 5.39. The maximum atomic E-state index is 13.7. The minimum atomic E-state index is -0.744. The number of hydrogen-bond acceptors (Lipinski definition) is 3. The average molecular weight is 397 g/mol. The fourth-order valence-electron chi connectivity index (χ4n) is 4.24. The minimum Gasteiger partial charge on any atom is -0.508 e. The van der Waals surface area contributed by atoms with E-state index in [9.17, 15) is 9.90 Å². The molecule has 1 atom stereocenters. The van der Waals surface area contributed by atoms with Gasteiger partial charge < -0.3 is 10.0 Å². The number of carbonyl (C=O) groups is 1. The zero-order valence-electron chi connectivity index (χ0n) is 18.7. The van der Waals surface area contributed by atoms with Gasteiger partial charge in [-0.05, 0) is 57.7 Å². The van der Waals surface area contributed by atoms with Crippen LogP contribution in [0.2, 0.25) is 0 Å². The Morgan fingerprint density at radius 2 is 1.48 bits per heavy atom. The zero-order valence-corrected chi connectivity index (χ0v) is 18.7. The molecule has 1 unspecified atom stereocenters. The summed E-state index contributed by atoms with van der Waals surface area (Å²) in [6, 6.07) is 18.1. The second-order valence-electron chi connectivity index (χ2n) is 8.63. The molecule has 0 aliphatic rings. The lowest BCUT2D eigenvalue weighted by atomic mass is 9.71. The molecule has 0 saturated carbocycles. The summed E-state index contributed by atoms with van der Waals surface area (Å²) in [6.07, 6.45) is 1.14. The first-order valence-corrected chi connectivity index (χ1v) is 10.5. The third-order valence-corrected chi connectivity index (χ3v) is 5.75. The van der Waals surface area contributed by atoms with E-state index >= 15 is 0 Å². The van der Waals surface area contributed by atoms with Crippen LogP contribution < -0.4 is 0 Å². The van der Waals surface area contributed by atoms with E-state index in [0.29, 0.717) is 24.9 Å². The van der Waals surface area contributed by atoms with Crippen LogP contribution in [0.15, 0.2) is 54.6 Å². The van der Waals surface area contributed by atoms with E-state index in [4.69, 9.17) is 0 Å². The summed E-state index contributed by atoms with van der Waals surface area (Å²) in [5.74, 6) is 0.309. The van der Waals surface area contributed by atoms with Crippen LogP contribution in [0, 0.1) is 0 Å². The second kappa shape index (κ2) is 9.93. The van der Waals surface area contributed by atoms with Crippen molar-refractivity contribution in [2.45, 2.75) is 58.0 Å². The molecule has 4 heteroatoms. The fourth-order valence-corrected chi connectivity index (χ4v) is 4.24. The van der Waals surface area contributed by atoms with Gasteiger partial charge in [0.05, 0.1) is 5.41 Å². The van der Waals surface area contributed by atoms with Crippen molar-refractivity contribution in [3.05, 3.63) is 65.7 Å². The fraction of sp³-hybridized carbons (Fsp3) is 0.480. The molecule has 158 valence electrons. The van der Waals surface area contributed by atoms with Crippen LogP contribution in [0.1, 0.15) is 45.2 Å². The van der Waals surface area contributed by atoms with E-state index in [-0.39, 0.29) is 11.7 Å². The van der Waals surface area contributed by atoms with Gasteiger partial charge >= 0.3 is 0 Å². The summed E-state index contributed by atoms with van der Waals surface area (Å²) >= 11 is 0. The summed E-state index contributed by atoms with van der Waals surface area (Å²) < 4.78 is 0. The number of nitrogens with zero attached hydrogens (tertiary/aromatic N) is 2. The first kappa shape index (κ1) is 23.0. The standard InChI is InChI=1S/C25H36N2O2/c1-19(2)27(20(3)4)17-16-25(24(29)26(5)6,22-13-8-7-9-14-22)18-21-12-10-11-15-23(21)28/h7-15,19-20,28H,16-18H2,1-6H3.